The van der Waals surface area contributed by atoms with Gasteiger partial charge in [-0.1, -0.05) is 18.9 Å². The average Bonchev–Trinajstić information content (AvgIpc) is 2.60. The van der Waals surface area contributed by atoms with E-state index in [1.807, 2.05) is 12.1 Å². The molecule has 1 aliphatic rings. The fourth-order valence-corrected chi connectivity index (χ4v) is 3.11. The molecule has 0 aliphatic carbocycles. The molecule has 1 saturated heterocycles. The maximum Gasteiger partial charge on any atom is 0.0501 e. The minimum atomic E-state index is 0.884. The number of rotatable bonds is 2. The molecule has 1 aromatic carbocycles. The number of anilines is 1. The van der Waals surface area contributed by atoms with E-state index in [0.717, 1.165) is 12.2 Å². The Hall–Kier alpha value is -1.48. The standard InChI is InChI=1S/C16H23N3/c1-18-13(12-19-9-4-2-3-5-10-19)11-14-15(17)7-6-8-16(14)18/h6-8,11H,2-5,9-10,12,17H2,1H3. The molecule has 2 N–H and O–H groups in total. The van der Waals surface area contributed by atoms with Crippen LogP contribution in [0.5, 0.6) is 0 Å². The lowest BCUT2D eigenvalue weighted by molar-refractivity contribution is 0.271. The number of fused-ring (bicyclic) bond motifs is 1. The summed E-state index contributed by atoms with van der Waals surface area (Å²) in [4.78, 5) is 2.58. The first-order chi connectivity index (χ1) is 9.25. The first kappa shape index (κ1) is 12.5. The lowest BCUT2D eigenvalue weighted by atomic mass is 10.2. The highest BCUT2D eigenvalue weighted by molar-refractivity contribution is 5.92. The van der Waals surface area contributed by atoms with Crippen molar-refractivity contribution in [2.24, 2.45) is 7.05 Å². The van der Waals surface area contributed by atoms with Crippen LogP contribution < -0.4 is 5.73 Å². The summed E-state index contributed by atoms with van der Waals surface area (Å²) in [7, 11) is 2.15. The lowest BCUT2D eigenvalue weighted by Gasteiger charge is -2.20. The van der Waals surface area contributed by atoms with Gasteiger partial charge in [-0.25, -0.2) is 0 Å². The van der Waals surface area contributed by atoms with E-state index < -0.39 is 0 Å². The zero-order valence-corrected chi connectivity index (χ0v) is 11.7. The Morgan fingerprint density at radius 1 is 1.11 bits per heavy atom. The van der Waals surface area contributed by atoms with Crippen molar-refractivity contribution in [2.75, 3.05) is 18.8 Å². The van der Waals surface area contributed by atoms with E-state index >= 15 is 0 Å². The van der Waals surface area contributed by atoms with Gasteiger partial charge in [0.1, 0.15) is 0 Å². The van der Waals surface area contributed by atoms with Crippen LogP contribution in [0.15, 0.2) is 24.3 Å². The van der Waals surface area contributed by atoms with Crippen LogP contribution in [0.4, 0.5) is 5.69 Å². The van der Waals surface area contributed by atoms with Crippen LogP contribution >= 0.6 is 0 Å². The molecule has 0 spiro atoms. The van der Waals surface area contributed by atoms with E-state index in [2.05, 4.69) is 28.6 Å². The molecule has 3 nitrogen and oxygen atoms in total. The number of likely N-dealkylation sites (tertiary alicyclic amines) is 1. The van der Waals surface area contributed by atoms with E-state index in [1.165, 1.54) is 55.4 Å². The van der Waals surface area contributed by atoms with Crippen molar-refractivity contribution in [1.29, 1.82) is 0 Å². The monoisotopic (exact) mass is 257 g/mol. The summed E-state index contributed by atoms with van der Waals surface area (Å²) in [5, 5.41) is 1.19. The van der Waals surface area contributed by atoms with Crippen molar-refractivity contribution in [2.45, 2.75) is 32.2 Å². The van der Waals surface area contributed by atoms with Gasteiger partial charge < -0.3 is 10.3 Å². The fourth-order valence-electron chi connectivity index (χ4n) is 3.11. The van der Waals surface area contributed by atoms with Crippen molar-refractivity contribution < 1.29 is 0 Å². The highest BCUT2D eigenvalue weighted by Crippen LogP contribution is 2.25. The molecule has 1 aliphatic heterocycles. The molecule has 0 amide bonds. The Morgan fingerprint density at radius 3 is 2.53 bits per heavy atom. The van der Waals surface area contributed by atoms with Crippen LogP contribution in [0.3, 0.4) is 0 Å². The van der Waals surface area contributed by atoms with Gasteiger partial charge in [0, 0.05) is 30.4 Å². The molecule has 0 atom stereocenters. The summed E-state index contributed by atoms with van der Waals surface area (Å²) in [5.41, 5.74) is 9.56. The van der Waals surface area contributed by atoms with Gasteiger partial charge in [-0.3, -0.25) is 4.90 Å². The largest absolute Gasteiger partial charge is 0.398 e. The first-order valence-electron chi connectivity index (χ1n) is 7.31. The maximum atomic E-state index is 6.07. The van der Waals surface area contributed by atoms with Gasteiger partial charge in [0.05, 0.1) is 5.52 Å². The summed E-state index contributed by atoms with van der Waals surface area (Å²) in [6.07, 6.45) is 5.45. The number of nitrogen functional groups attached to an aromatic ring is 1. The van der Waals surface area contributed by atoms with Crippen molar-refractivity contribution in [1.82, 2.24) is 9.47 Å². The molecule has 3 rings (SSSR count). The topological polar surface area (TPSA) is 34.2 Å². The summed E-state index contributed by atoms with van der Waals surface area (Å²) in [6.45, 7) is 3.51. The quantitative estimate of drug-likeness (QED) is 0.839. The molecule has 0 unspecified atom stereocenters. The maximum absolute atomic E-state index is 6.07. The molecule has 2 aromatic rings. The number of aryl methyl sites for hydroxylation is 1. The highest BCUT2D eigenvalue weighted by atomic mass is 15.1. The second-order valence-corrected chi connectivity index (χ2v) is 5.67. The van der Waals surface area contributed by atoms with Crippen LogP contribution in [0.25, 0.3) is 10.9 Å². The Kier molecular flexibility index (Phi) is 3.47. The van der Waals surface area contributed by atoms with Gasteiger partial charge in [-0.05, 0) is 44.1 Å². The van der Waals surface area contributed by atoms with E-state index in [-0.39, 0.29) is 0 Å². The van der Waals surface area contributed by atoms with Crippen LogP contribution in [0, 0.1) is 0 Å². The second-order valence-electron chi connectivity index (χ2n) is 5.67. The number of hydrogen-bond acceptors (Lipinski definition) is 2. The Morgan fingerprint density at radius 2 is 1.84 bits per heavy atom. The molecular weight excluding hydrogens is 234 g/mol. The van der Waals surface area contributed by atoms with Gasteiger partial charge >= 0.3 is 0 Å². The third-order valence-corrected chi connectivity index (χ3v) is 4.30. The predicted molar refractivity (Wildman–Crippen MR) is 81.1 cm³/mol. The average molecular weight is 257 g/mol. The molecule has 0 bridgehead atoms. The summed E-state index contributed by atoms with van der Waals surface area (Å²) < 4.78 is 2.29. The second kappa shape index (κ2) is 5.25. The van der Waals surface area contributed by atoms with Gasteiger partial charge in [-0.15, -0.1) is 0 Å². The zero-order chi connectivity index (χ0) is 13.2. The van der Waals surface area contributed by atoms with E-state index in [0.29, 0.717) is 0 Å². The van der Waals surface area contributed by atoms with Gasteiger partial charge in [-0.2, -0.15) is 0 Å². The minimum Gasteiger partial charge on any atom is -0.398 e. The van der Waals surface area contributed by atoms with Crippen molar-refractivity contribution >= 4 is 16.6 Å². The molecule has 102 valence electrons. The molecule has 3 heteroatoms. The molecule has 1 aromatic heterocycles. The molecule has 2 heterocycles. The van der Waals surface area contributed by atoms with Crippen LogP contribution in [0.2, 0.25) is 0 Å². The van der Waals surface area contributed by atoms with Gasteiger partial charge in [0.2, 0.25) is 0 Å². The number of nitrogens with zero attached hydrogens (tertiary/aromatic N) is 2. The van der Waals surface area contributed by atoms with Crippen LogP contribution in [-0.2, 0) is 13.6 Å². The Balaban J connectivity index is 1.88. The normalized spacial score (nSPS) is 17.7. The molecule has 19 heavy (non-hydrogen) atoms. The third-order valence-electron chi connectivity index (χ3n) is 4.30. The van der Waals surface area contributed by atoms with E-state index in [1.54, 1.807) is 0 Å². The Bertz CT molecular complexity index is 563. The third kappa shape index (κ3) is 2.47. The molecular formula is C16H23N3. The Labute approximate surface area is 115 Å². The van der Waals surface area contributed by atoms with E-state index in [4.69, 9.17) is 5.73 Å². The van der Waals surface area contributed by atoms with Crippen molar-refractivity contribution in [3.63, 3.8) is 0 Å². The number of aromatic nitrogens is 1. The molecule has 0 saturated carbocycles. The van der Waals surface area contributed by atoms with Crippen molar-refractivity contribution in [3.8, 4) is 0 Å². The summed E-state index contributed by atoms with van der Waals surface area (Å²) in [6, 6.07) is 8.43. The minimum absolute atomic E-state index is 0.884. The van der Waals surface area contributed by atoms with Gasteiger partial charge in [0.25, 0.3) is 0 Å². The summed E-state index contributed by atoms with van der Waals surface area (Å²) in [5.74, 6) is 0. The fraction of sp³-hybridized carbons (Fsp3) is 0.500. The number of nitrogens with two attached hydrogens (primary N) is 1. The van der Waals surface area contributed by atoms with Gasteiger partial charge in [0.15, 0.2) is 0 Å². The molecule has 0 radical (unpaired) electrons. The zero-order valence-electron chi connectivity index (χ0n) is 11.7. The SMILES string of the molecule is Cn1c(CN2CCCCCC2)cc2c(N)cccc21. The van der Waals surface area contributed by atoms with Crippen LogP contribution in [-0.4, -0.2) is 22.6 Å². The van der Waals surface area contributed by atoms with Crippen molar-refractivity contribution in [3.05, 3.63) is 30.0 Å². The highest BCUT2D eigenvalue weighted by Gasteiger charge is 2.13. The number of hydrogen-bond donors (Lipinski definition) is 1. The summed E-state index contributed by atoms with van der Waals surface area (Å²) >= 11 is 0. The first-order valence-corrected chi connectivity index (χ1v) is 7.31. The van der Waals surface area contributed by atoms with E-state index in [9.17, 15) is 0 Å². The number of benzene rings is 1. The predicted octanol–water partition coefficient (Wildman–Crippen LogP) is 3.14. The molecule has 1 fully saturated rings. The lowest BCUT2D eigenvalue weighted by Crippen LogP contribution is -2.25. The smallest absolute Gasteiger partial charge is 0.0501 e. The van der Waals surface area contributed by atoms with Crippen LogP contribution in [0.1, 0.15) is 31.4 Å².